The van der Waals surface area contributed by atoms with Gasteiger partial charge in [0.05, 0.1) is 15.9 Å². The lowest BCUT2D eigenvalue weighted by molar-refractivity contribution is -0.116. The molecule has 0 saturated carbocycles. The average Bonchev–Trinajstić information content (AvgIpc) is 3.20. The van der Waals surface area contributed by atoms with E-state index in [1.165, 1.54) is 10.4 Å². The van der Waals surface area contributed by atoms with Crippen LogP contribution in [0, 0.1) is 0 Å². The smallest absolute Gasteiger partial charge is 0.336 e. The summed E-state index contributed by atoms with van der Waals surface area (Å²) < 4.78 is 34.3. The fourth-order valence-corrected chi connectivity index (χ4v) is 5.65. The van der Waals surface area contributed by atoms with Gasteiger partial charge in [0.25, 0.3) is 0 Å². The molecule has 35 heavy (non-hydrogen) atoms. The van der Waals surface area contributed by atoms with Crippen molar-refractivity contribution >= 4 is 43.6 Å². The summed E-state index contributed by atoms with van der Waals surface area (Å²) in [5.74, 6) is 0.538. The van der Waals surface area contributed by atoms with Crippen molar-refractivity contribution < 1.29 is 17.6 Å². The Hall–Kier alpha value is -3.50. The minimum absolute atomic E-state index is 0.179. The Bertz CT molecular complexity index is 1550. The molecule has 1 N–H and O–H groups in total. The van der Waals surface area contributed by atoms with Crippen LogP contribution in [0.2, 0.25) is 0 Å². The average molecular weight is 497 g/mol. The van der Waals surface area contributed by atoms with Gasteiger partial charge in [0.2, 0.25) is 15.9 Å². The number of imidazole rings is 1. The number of carbonyl (C=O) groups is 1. The van der Waals surface area contributed by atoms with Gasteiger partial charge < -0.3 is 14.3 Å². The van der Waals surface area contributed by atoms with E-state index in [-0.39, 0.29) is 17.2 Å². The van der Waals surface area contributed by atoms with E-state index in [0.717, 1.165) is 11.3 Å². The molecule has 2 aromatic heterocycles. The number of carbonyl (C=O) groups excluding carboxylic acids is 1. The number of benzene rings is 2. The first-order valence-corrected chi connectivity index (χ1v) is 13.0. The standard InChI is InChI=1S/C25H28N4O5S/c1-4-28(5-2)35(32,33)19-9-10-21-20(16-19)27-23(29(21)6-3)12-13-24(30)26-18-8-11-22-17(15-18)7-14-25(31)34-22/h7-11,14-16H,4-6,12-13H2,1-3H3,(H,26,30). The first-order chi connectivity index (χ1) is 16.8. The monoisotopic (exact) mass is 496 g/mol. The van der Waals surface area contributed by atoms with E-state index in [1.54, 1.807) is 42.5 Å². The lowest BCUT2D eigenvalue weighted by Gasteiger charge is -2.18. The van der Waals surface area contributed by atoms with Gasteiger partial charge in [0.15, 0.2) is 0 Å². The van der Waals surface area contributed by atoms with Crippen molar-refractivity contribution in [2.45, 2.75) is 45.1 Å². The van der Waals surface area contributed by atoms with E-state index in [0.29, 0.717) is 48.2 Å². The summed E-state index contributed by atoms with van der Waals surface area (Å²) in [6.45, 7) is 7.04. The van der Waals surface area contributed by atoms with Crippen molar-refractivity contribution in [3.63, 3.8) is 0 Å². The van der Waals surface area contributed by atoms with Gasteiger partial charge in [-0.15, -0.1) is 0 Å². The van der Waals surface area contributed by atoms with Gasteiger partial charge in [0, 0.05) is 49.6 Å². The van der Waals surface area contributed by atoms with Crippen LogP contribution < -0.4 is 10.9 Å². The Morgan fingerprint density at radius 1 is 1.06 bits per heavy atom. The third-order valence-electron chi connectivity index (χ3n) is 5.94. The van der Waals surface area contributed by atoms with Gasteiger partial charge in [-0.2, -0.15) is 4.31 Å². The van der Waals surface area contributed by atoms with Crippen LogP contribution in [-0.4, -0.2) is 41.3 Å². The summed E-state index contributed by atoms with van der Waals surface area (Å²) >= 11 is 0. The zero-order valence-corrected chi connectivity index (χ0v) is 20.8. The molecular weight excluding hydrogens is 468 g/mol. The predicted molar refractivity (Wildman–Crippen MR) is 135 cm³/mol. The molecule has 2 heterocycles. The maximum atomic E-state index is 12.9. The Morgan fingerprint density at radius 3 is 2.54 bits per heavy atom. The fourth-order valence-electron chi connectivity index (χ4n) is 4.17. The van der Waals surface area contributed by atoms with Crippen LogP contribution in [0.25, 0.3) is 22.0 Å². The number of anilines is 1. The summed E-state index contributed by atoms with van der Waals surface area (Å²) in [5, 5.41) is 3.58. The molecule has 10 heteroatoms. The molecule has 0 aliphatic rings. The lowest BCUT2D eigenvalue weighted by Crippen LogP contribution is -2.30. The molecule has 0 bridgehead atoms. The van der Waals surface area contributed by atoms with Crippen LogP contribution in [0.4, 0.5) is 5.69 Å². The molecule has 0 aliphatic carbocycles. The Kier molecular flexibility index (Phi) is 7.04. The first-order valence-electron chi connectivity index (χ1n) is 11.6. The summed E-state index contributed by atoms with van der Waals surface area (Å²) in [6.07, 6.45) is 0.602. The molecule has 2 aromatic carbocycles. The molecule has 0 unspecified atom stereocenters. The van der Waals surface area contributed by atoms with Crippen LogP contribution in [0.15, 0.2) is 62.6 Å². The van der Waals surface area contributed by atoms with Gasteiger partial charge in [-0.3, -0.25) is 4.79 Å². The number of fused-ring (bicyclic) bond motifs is 2. The molecule has 4 rings (SSSR count). The van der Waals surface area contributed by atoms with Crippen molar-refractivity contribution in [1.29, 1.82) is 0 Å². The first kappa shape index (κ1) is 24.6. The van der Waals surface area contributed by atoms with Crippen molar-refractivity contribution in [2.24, 2.45) is 0 Å². The van der Waals surface area contributed by atoms with E-state index in [4.69, 9.17) is 4.42 Å². The number of hydrogen-bond donors (Lipinski definition) is 1. The number of hydrogen-bond acceptors (Lipinski definition) is 6. The van der Waals surface area contributed by atoms with E-state index >= 15 is 0 Å². The quantitative estimate of drug-likeness (QED) is 0.353. The van der Waals surface area contributed by atoms with Gasteiger partial charge >= 0.3 is 5.63 Å². The van der Waals surface area contributed by atoms with E-state index in [2.05, 4.69) is 10.3 Å². The number of aromatic nitrogens is 2. The summed E-state index contributed by atoms with van der Waals surface area (Å²) in [4.78, 5) is 28.8. The van der Waals surface area contributed by atoms with Crippen LogP contribution in [0.3, 0.4) is 0 Å². The largest absolute Gasteiger partial charge is 0.423 e. The molecule has 1 amide bonds. The third kappa shape index (κ3) is 4.98. The Morgan fingerprint density at radius 2 is 1.83 bits per heavy atom. The van der Waals surface area contributed by atoms with Crippen LogP contribution in [0.1, 0.15) is 33.0 Å². The molecular formula is C25H28N4O5S. The highest BCUT2D eigenvalue weighted by atomic mass is 32.2. The summed E-state index contributed by atoms with van der Waals surface area (Å²) in [5.41, 5.74) is 2.05. The maximum absolute atomic E-state index is 12.9. The van der Waals surface area contributed by atoms with Crippen molar-refractivity contribution in [1.82, 2.24) is 13.9 Å². The Labute approximate surface area is 203 Å². The maximum Gasteiger partial charge on any atom is 0.336 e. The van der Waals surface area contributed by atoms with E-state index in [9.17, 15) is 18.0 Å². The number of rotatable bonds is 9. The van der Waals surface area contributed by atoms with Crippen molar-refractivity contribution in [3.05, 3.63) is 64.8 Å². The summed E-state index contributed by atoms with van der Waals surface area (Å²) in [7, 11) is -3.59. The minimum atomic E-state index is -3.59. The molecule has 9 nitrogen and oxygen atoms in total. The fraction of sp³-hybridized carbons (Fsp3) is 0.320. The second kappa shape index (κ2) is 10.0. The lowest BCUT2D eigenvalue weighted by atomic mass is 10.2. The highest BCUT2D eigenvalue weighted by Crippen LogP contribution is 2.24. The van der Waals surface area contributed by atoms with Crippen LogP contribution in [0.5, 0.6) is 0 Å². The Balaban J connectivity index is 1.52. The molecule has 0 saturated heterocycles. The molecule has 0 radical (unpaired) electrons. The van der Waals surface area contributed by atoms with Crippen LogP contribution >= 0.6 is 0 Å². The van der Waals surface area contributed by atoms with Crippen LogP contribution in [-0.2, 0) is 27.8 Å². The second-order valence-corrected chi connectivity index (χ2v) is 10.0. The second-order valence-electron chi connectivity index (χ2n) is 8.07. The SMILES string of the molecule is CCN(CC)S(=O)(=O)c1ccc2c(c1)nc(CCC(=O)Nc1ccc3oc(=O)ccc3c1)n2CC. The van der Waals surface area contributed by atoms with Gasteiger partial charge in [-0.25, -0.2) is 18.2 Å². The number of nitrogens with one attached hydrogen (secondary N) is 1. The topological polar surface area (TPSA) is 115 Å². The zero-order valence-electron chi connectivity index (χ0n) is 19.9. The highest BCUT2D eigenvalue weighted by molar-refractivity contribution is 7.89. The molecule has 0 fully saturated rings. The molecule has 184 valence electrons. The molecule has 4 aromatic rings. The van der Waals surface area contributed by atoms with Gasteiger partial charge in [0.1, 0.15) is 11.4 Å². The summed E-state index contributed by atoms with van der Waals surface area (Å²) in [6, 6.07) is 13.1. The normalized spacial score (nSPS) is 12.0. The third-order valence-corrected chi connectivity index (χ3v) is 7.98. The molecule has 0 atom stereocenters. The number of sulfonamides is 1. The van der Waals surface area contributed by atoms with E-state index < -0.39 is 15.6 Å². The number of aryl methyl sites for hydroxylation is 2. The number of amides is 1. The van der Waals surface area contributed by atoms with Crippen molar-refractivity contribution in [2.75, 3.05) is 18.4 Å². The minimum Gasteiger partial charge on any atom is -0.423 e. The van der Waals surface area contributed by atoms with Gasteiger partial charge in [-0.1, -0.05) is 13.8 Å². The van der Waals surface area contributed by atoms with Gasteiger partial charge in [-0.05, 0) is 49.4 Å². The zero-order chi connectivity index (χ0) is 25.2. The predicted octanol–water partition coefficient (Wildman–Crippen LogP) is 3.76. The highest BCUT2D eigenvalue weighted by Gasteiger charge is 2.23. The number of nitrogens with zero attached hydrogens (tertiary/aromatic N) is 3. The van der Waals surface area contributed by atoms with Crippen molar-refractivity contribution in [3.8, 4) is 0 Å². The van der Waals surface area contributed by atoms with E-state index in [1.807, 2.05) is 25.3 Å². The molecule has 0 spiro atoms. The molecule has 0 aliphatic heterocycles.